The fraction of sp³-hybridized carbons (Fsp3) is 0.167. The van der Waals surface area contributed by atoms with Crippen LogP contribution in [-0.2, 0) is 9.53 Å². The molecule has 0 bridgehead atoms. The molecule has 1 fully saturated rings. The average molecular weight is 286 g/mol. The van der Waals surface area contributed by atoms with Gasteiger partial charge in [-0.25, -0.2) is 14.1 Å². The molecule has 100 valence electrons. The molecule has 1 aliphatic rings. The number of anilines is 1. The average Bonchev–Trinajstić information content (AvgIpc) is 2.60. The summed E-state index contributed by atoms with van der Waals surface area (Å²) in [5.74, 6) is -2.29. The Balaban J connectivity index is 2.55. The highest BCUT2D eigenvalue weighted by atomic mass is 35.5. The third kappa shape index (κ3) is 2.15. The van der Waals surface area contributed by atoms with Crippen LogP contribution in [0.15, 0.2) is 23.5 Å². The SMILES string of the molecule is CC(C)=C1OC(=O)N(c2cc(O)c(Cl)cc2F)C1=O. The molecular formula is C12H9ClFNO4. The van der Waals surface area contributed by atoms with Crippen molar-refractivity contribution in [3.8, 4) is 5.75 Å². The van der Waals surface area contributed by atoms with Gasteiger partial charge in [-0.2, -0.15) is 0 Å². The molecule has 1 heterocycles. The molecule has 0 unspecified atom stereocenters. The molecule has 0 radical (unpaired) electrons. The van der Waals surface area contributed by atoms with Crippen molar-refractivity contribution < 1.29 is 23.8 Å². The normalized spacial score (nSPS) is 14.9. The van der Waals surface area contributed by atoms with Gasteiger partial charge in [0.1, 0.15) is 11.6 Å². The lowest BCUT2D eigenvalue weighted by molar-refractivity contribution is -0.114. The number of benzene rings is 1. The second kappa shape index (κ2) is 4.55. The topological polar surface area (TPSA) is 66.8 Å². The molecule has 1 aromatic rings. The Bertz CT molecular complexity index is 622. The van der Waals surface area contributed by atoms with Crippen molar-refractivity contribution in [3.05, 3.63) is 34.3 Å². The van der Waals surface area contributed by atoms with E-state index in [-0.39, 0.29) is 10.8 Å². The minimum atomic E-state index is -1.03. The number of hydrogen-bond donors (Lipinski definition) is 1. The molecule has 1 saturated heterocycles. The Morgan fingerprint density at radius 3 is 2.53 bits per heavy atom. The molecule has 0 aromatic heterocycles. The van der Waals surface area contributed by atoms with Crippen molar-refractivity contribution in [1.82, 2.24) is 0 Å². The molecule has 7 heteroatoms. The second-order valence-corrected chi connectivity index (χ2v) is 4.50. The predicted octanol–water partition coefficient (Wildman–Crippen LogP) is 2.96. The number of phenolic OH excluding ortho intramolecular Hbond substituents is 1. The van der Waals surface area contributed by atoms with Gasteiger partial charge in [0.05, 0.1) is 10.7 Å². The number of allylic oxidation sites excluding steroid dienone is 1. The number of imide groups is 1. The molecule has 1 aliphatic heterocycles. The maximum Gasteiger partial charge on any atom is 0.427 e. The van der Waals surface area contributed by atoms with Gasteiger partial charge in [-0.3, -0.25) is 4.79 Å². The molecule has 1 N–H and O–H groups in total. The Morgan fingerprint density at radius 2 is 2.00 bits per heavy atom. The lowest BCUT2D eigenvalue weighted by Gasteiger charge is -2.12. The van der Waals surface area contributed by atoms with Crippen molar-refractivity contribution >= 4 is 29.3 Å². The zero-order valence-corrected chi connectivity index (χ0v) is 10.8. The molecule has 0 atom stereocenters. The van der Waals surface area contributed by atoms with Gasteiger partial charge in [-0.05, 0) is 25.5 Å². The van der Waals surface area contributed by atoms with Crippen molar-refractivity contribution in [2.24, 2.45) is 0 Å². The first-order valence-electron chi connectivity index (χ1n) is 5.24. The van der Waals surface area contributed by atoms with Crippen LogP contribution >= 0.6 is 11.6 Å². The number of carbonyl (C=O) groups is 2. The lowest BCUT2D eigenvalue weighted by atomic mass is 10.2. The van der Waals surface area contributed by atoms with Gasteiger partial charge in [-0.15, -0.1) is 0 Å². The molecule has 5 nitrogen and oxygen atoms in total. The summed E-state index contributed by atoms with van der Waals surface area (Å²) in [6.07, 6.45) is -1.03. The van der Waals surface area contributed by atoms with Crippen LogP contribution in [0.1, 0.15) is 13.8 Å². The van der Waals surface area contributed by atoms with E-state index in [0.29, 0.717) is 10.5 Å². The van der Waals surface area contributed by atoms with E-state index in [0.717, 1.165) is 12.1 Å². The minimum Gasteiger partial charge on any atom is -0.506 e. The van der Waals surface area contributed by atoms with Gasteiger partial charge in [0.25, 0.3) is 0 Å². The Labute approximate surface area is 112 Å². The first-order chi connectivity index (χ1) is 8.82. The summed E-state index contributed by atoms with van der Waals surface area (Å²) in [4.78, 5) is 24.1. The standard InChI is InChI=1S/C12H9ClFNO4/c1-5(2)10-11(17)15(12(18)19-10)8-4-9(16)6(13)3-7(8)14/h3-4,16H,1-2H3. The number of phenols is 1. The third-order valence-corrected chi connectivity index (χ3v) is 2.78. The van der Waals surface area contributed by atoms with Crippen molar-refractivity contribution in [3.63, 3.8) is 0 Å². The molecule has 19 heavy (non-hydrogen) atoms. The molecule has 0 spiro atoms. The highest BCUT2D eigenvalue weighted by Crippen LogP contribution is 2.34. The Morgan fingerprint density at radius 1 is 1.37 bits per heavy atom. The van der Waals surface area contributed by atoms with E-state index < -0.39 is 29.3 Å². The van der Waals surface area contributed by atoms with Crippen LogP contribution in [0.4, 0.5) is 14.9 Å². The summed E-state index contributed by atoms with van der Waals surface area (Å²) >= 11 is 5.53. The highest BCUT2D eigenvalue weighted by Gasteiger charge is 2.40. The number of ether oxygens (including phenoxy) is 1. The van der Waals surface area contributed by atoms with E-state index in [2.05, 4.69) is 0 Å². The molecule has 2 amide bonds. The van der Waals surface area contributed by atoms with Crippen molar-refractivity contribution in [1.29, 1.82) is 0 Å². The quantitative estimate of drug-likeness (QED) is 0.806. The predicted molar refractivity (Wildman–Crippen MR) is 65.4 cm³/mol. The van der Waals surface area contributed by atoms with Gasteiger partial charge in [0, 0.05) is 6.07 Å². The zero-order valence-electron chi connectivity index (χ0n) is 10.0. The smallest absolute Gasteiger partial charge is 0.427 e. The van der Waals surface area contributed by atoms with Crippen LogP contribution in [0.25, 0.3) is 0 Å². The summed E-state index contributed by atoms with van der Waals surface area (Å²) in [5, 5.41) is 9.21. The largest absolute Gasteiger partial charge is 0.506 e. The highest BCUT2D eigenvalue weighted by molar-refractivity contribution is 6.32. The molecule has 2 rings (SSSR count). The lowest BCUT2D eigenvalue weighted by Crippen LogP contribution is -2.29. The van der Waals surface area contributed by atoms with Gasteiger partial charge in [-0.1, -0.05) is 11.6 Å². The maximum absolute atomic E-state index is 13.7. The van der Waals surface area contributed by atoms with Crippen LogP contribution in [-0.4, -0.2) is 17.1 Å². The monoisotopic (exact) mass is 285 g/mol. The molecule has 1 aromatic carbocycles. The second-order valence-electron chi connectivity index (χ2n) is 4.09. The first-order valence-corrected chi connectivity index (χ1v) is 5.62. The van der Waals surface area contributed by atoms with E-state index in [9.17, 15) is 19.1 Å². The van der Waals surface area contributed by atoms with E-state index >= 15 is 0 Å². The third-order valence-electron chi connectivity index (χ3n) is 2.48. The van der Waals surface area contributed by atoms with Gasteiger partial charge in [0.15, 0.2) is 5.76 Å². The number of hydrogen-bond acceptors (Lipinski definition) is 4. The number of nitrogens with zero attached hydrogens (tertiary/aromatic N) is 1. The number of rotatable bonds is 1. The summed E-state index contributed by atoms with van der Waals surface area (Å²) in [7, 11) is 0. The first kappa shape index (κ1) is 13.4. The number of aromatic hydroxyl groups is 1. The molecular weight excluding hydrogens is 277 g/mol. The van der Waals surface area contributed by atoms with Crippen molar-refractivity contribution in [2.45, 2.75) is 13.8 Å². The van der Waals surface area contributed by atoms with Crippen LogP contribution in [0.3, 0.4) is 0 Å². The number of cyclic esters (lactones) is 1. The van der Waals surface area contributed by atoms with E-state index in [4.69, 9.17) is 16.3 Å². The summed E-state index contributed by atoms with van der Waals surface area (Å²) in [6.45, 7) is 3.17. The minimum absolute atomic E-state index is 0.154. The number of amides is 2. The number of carbonyl (C=O) groups excluding carboxylic acids is 2. The fourth-order valence-electron chi connectivity index (χ4n) is 1.58. The zero-order chi connectivity index (χ0) is 14.3. The van der Waals surface area contributed by atoms with E-state index in [1.807, 2.05) is 0 Å². The van der Waals surface area contributed by atoms with Gasteiger partial charge < -0.3 is 9.84 Å². The van der Waals surface area contributed by atoms with E-state index in [1.165, 1.54) is 0 Å². The Kier molecular flexibility index (Phi) is 3.20. The molecule has 0 saturated carbocycles. The van der Waals surface area contributed by atoms with Gasteiger partial charge >= 0.3 is 12.0 Å². The summed E-state index contributed by atoms with van der Waals surface area (Å²) in [5.41, 5.74) is 0.0765. The van der Waals surface area contributed by atoms with Crippen LogP contribution in [0.5, 0.6) is 5.75 Å². The van der Waals surface area contributed by atoms with Crippen molar-refractivity contribution in [2.75, 3.05) is 4.90 Å². The summed E-state index contributed by atoms with van der Waals surface area (Å²) < 4.78 is 18.5. The Hall–Kier alpha value is -2.08. The van der Waals surface area contributed by atoms with Gasteiger partial charge in [0.2, 0.25) is 0 Å². The number of halogens is 2. The van der Waals surface area contributed by atoms with Crippen LogP contribution in [0, 0.1) is 5.82 Å². The maximum atomic E-state index is 13.7. The molecule has 0 aliphatic carbocycles. The van der Waals surface area contributed by atoms with E-state index in [1.54, 1.807) is 13.8 Å². The fourth-order valence-corrected chi connectivity index (χ4v) is 1.73. The van der Waals surface area contributed by atoms with Crippen LogP contribution in [0.2, 0.25) is 5.02 Å². The summed E-state index contributed by atoms with van der Waals surface area (Å²) in [6, 6.07) is 1.71. The van der Waals surface area contributed by atoms with Crippen LogP contribution < -0.4 is 4.90 Å².